The van der Waals surface area contributed by atoms with Crippen LogP contribution in [0.1, 0.15) is 6.92 Å². The molecule has 0 unspecified atom stereocenters. The Labute approximate surface area is 59.8 Å². The van der Waals surface area contributed by atoms with Crippen LogP contribution in [-0.4, -0.2) is 30.9 Å². The third-order valence-electron chi connectivity index (χ3n) is 0.815. The number of esters is 1. The number of carbonyl (C=O) groups excluding carboxylic acids is 2. The number of carbonyl (C=O) groups is 2. The van der Waals surface area contributed by atoms with Crippen molar-refractivity contribution in [3.63, 3.8) is 0 Å². The molecule has 0 saturated heterocycles. The van der Waals surface area contributed by atoms with E-state index in [1.54, 1.807) is 7.05 Å². The van der Waals surface area contributed by atoms with Crippen molar-refractivity contribution in [3.8, 4) is 0 Å². The van der Waals surface area contributed by atoms with Gasteiger partial charge in [-0.15, -0.1) is 0 Å². The summed E-state index contributed by atoms with van der Waals surface area (Å²) in [7, 11) is 1.57. The summed E-state index contributed by atoms with van der Waals surface area (Å²) >= 11 is 0. The Hall–Kier alpha value is -1.06. The fraction of sp³-hybridized carbons (Fsp3) is 0.500. The molecule has 0 rings (SSSR count). The van der Waals surface area contributed by atoms with E-state index in [4.69, 9.17) is 0 Å². The highest BCUT2D eigenvalue weighted by Crippen LogP contribution is 1.84. The number of ether oxygens (including phenoxy) is 1. The summed E-state index contributed by atoms with van der Waals surface area (Å²) < 4.78 is 4.52. The lowest BCUT2D eigenvalue weighted by molar-refractivity contribution is -0.140. The standard InChI is InChI=1S/C6H10NO3/c1-6(9)10-4-3-7(2)5-8/h3,5H,4H2,1-2H3. The predicted molar refractivity (Wildman–Crippen MR) is 34.8 cm³/mol. The van der Waals surface area contributed by atoms with Gasteiger partial charge in [0.15, 0.2) is 0 Å². The van der Waals surface area contributed by atoms with Crippen molar-refractivity contribution in [2.75, 3.05) is 13.7 Å². The SMILES string of the molecule is CC(=O)OC[CH]N(C)C=O. The fourth-order valence-corrected chi connectivity index (χ4v) is 0.315. The molecule has 1 amide bonds. The Kier molecular flexibility index (Phi) is 4.28. The molecule has 0 aliphatic carbocycles. The highest BCUT2D eigenvalue weighted by molar-refractivity contribution is 5.66. The molecule has 4 heteroatoms. The summed E-state index contributed by atoms with van der Waals surface area (Å²) in [6.07, 6.45) is 0.628. The van der Waals surface area contributed by atoms with E-state index in [0.29, 0.717) is 6.41 Å². The van der Waals surface area contributed by atoms with Crippen molar-refractivity contribution in [2.24, 2.45) is 0 Å². The molecule has 0 saturated carbocycles. The number of likely N-dealkylation sites (N-methyl/N-ethyl adjacent to an activating group) is 1. The smallest absolute Gasteiger partial charge is 0.302 e. The third kappa shape index (κ3) is 5.08. The van der Waals surface area contributed by atoms with Crippen molar-refractivity contribution in [3.05, 3.63) is 6.54 Å². The van der Waals surface area contributed by atoms with Crippen LogP contribution in [0.3, 0.4) is 0 Å². The molecular weight excluding hydrogens is 134 g/mol. The van der Waals surface area contributed by atoms with Gasteiger partial charge in [0.2, 0.25) is 6.41 Å². The van der Waals surface area contributed by atoms with Crippen LogP contribution in [0.4, 0.5) is 0 Å². The molecular formula is C6H10NO3. The van der Waals surface area contributed by atoms with Gasteiger partial charge in [-0.1, -0.05) is 0 Å². The van der Waals surface area contributed by atoms with Crippen molar-refractivity contribution in [1.29, 1.82) is 0 Å². The Morgan fingerprint density at radius 1 is 1.70 bits per heavy atom. The van der Waals surface area contributed by atoms with Gasteiger partial charge < -0.3 is 9.64 Å². The van der Waals surface area contributed by atoms with Gasteiger partial charge in [-0.25, -0.2) is 0 Å². The van der Waals surface area contributed by atoms with E-state index in [9.17, 15) is 9.59 Å². The second kappa shape index (κ2) is 4.78. The largest absolute Gasteiger partial charge is 0.464 e. The van der Waals surface area contributed by atoms with Gasteiger partial charge in [-0.05, 0) is 0 Å². The van der Waals surface area contributed by atoms with Crippen LogP contribution >= 0.6 is 0 Å². The van der Waals surface area contributed by atoms with E-state index in [1.807, 2.05) is 0 Å². The Morgan fingerprint density at radius 2 is 2.30 bits per heavy atom. The first-order valence-corrected chi connectivity index (χ1v) is 2.80. The van der Waals surface area contributed by atoms with E-state index >= 15 is 0 Å². The van der Waals surface area contributed by atoms with Crippen molar-refractivity contribution in [2.45, 2.75) is 6.92 Å². The number of rotatable bonds is 4. The molecule has 0 aromatic heterocycles. The van der Waals surface area contributed by atoms with Crippen LogP contribution in [0, 0.1) is 6.54 Å². The minimum atomic E-state index is -0.351. The molecule has 0 aromatic carbocycles. The van der Waals surface area contributed by atoms with Gasteiger partial charge in [-0.2, -0.15) is 0 Å². The lowest BCUT2D eigenvalue weighted by Crippen LogP contribution is -2.16. The summed E-state index contributed by atoms with van der Waals surface area (Å²) in [6.45, 7) is 2.92. The van der Waals surface area contributed by atoms with E-state index < -0.39 is 0 Å². The lowest BCUT2D eigenvalue weighted by Gasteiger charge is -2.07. The van der Waals surface area contributed by atoms with Gasteiger partial charge in [0.25, 0.3) is 0 Å². The van der Waals surface area contributed by atoms with Crippen LogP contribution in [0.25, 0.3) is 0 Å². The highest BCUT2D eigenvalue weighted by atomic mass is 16.5. The highest BCUT2D eigenvalue weighted by Gasteiger charge is 1.95. The Morgan fingerprint density at radius 3 is 2.70 bits per heavy atom. The molecule has 0 aromatic rings. The first kappa shape index (κ1) is 8.94. The minimum Gasteiger partial charge on any atom is -0.464 e. The summed E-state index contributed by atoms with van der Waals surface area (Å²) in [4.78, 5) is 21.4. The quantitative estimate of drug-likeness (QED) is 0.405. The first-order valence-electron chi connectivity index (χ1n) is 2.80. The van der Waals surface area contributed by atoms with Crippen LogP contribution < -0.4 is 0 Å². The maximum absolute atomic E-state index is 10.2. The monoisotopic (exact) mass is 144 g/mol. The lowest BCUT2D eigenvalue weighted by atomic mass is 10.6. The average molecular weight is 144 g/mol. The van der Waals surface area contributed by atoms with Crippen LogP contribution in [0.2, 0.25) is 0 Å². The zero-order chi connectivity index (χ0) is 7.98. The normalized spacial score (nSPS) is 8.60. The van der Waals surface area contributed by atoms with Gasteiger partial charge in [0.1, 0.15) is 6.61 Å². The molecule has 0 bridgehead atoms. The molecule has 0 heterocycles. The van der Waals surface area contributed by atoms with Crippen molar-refractivity contribution < 1.29 is 14.3 Å². The maximum Gasteiger partial charge on any atom is 0.302 e. The predicted octanol–water partition coefficient (Wildman–Crippen LogP) is -0.201. The van der Waals surface area contributed by atoms with Gasteiger partial charge in [0, 0.05) is 14.0 Å². The van der Waals surface area contributed by atoms with Gasteiger partial charge in [0.05, 0.1) is 6.54 Å². The second-order valence-electron chi connectivity index (χ2n) is 1.76. The van der Waals surface area contributed by atoms with E-state index in [2.05, 4.69) is 4.74 Å². The van der Waals surface area contributed by atoms with E-state index in [0.717, 1.165) is 0 Å². The average Bonchev–Trinajstić information content (AvgIpc) is 1.87. The summed E-state index contributed by atoms with van der Waals surface area (Å²) in [5, 5.41) is 0. The maximum atomic E-state index is 10.2. The number of amides is 1. The first-order chi connectivity index (χ1) is 4.66. The Bertz CT molecular complexity index is 124. The molecule has 10 heavy (non-hydrogen) atoms. The Balaban J connectivity index is 3.19. The molecule has 4 nitrogen and oxygen atoms in total. The zero-order valence-electron chi connectivity index (χ0n) is 6.03. The van der Waals surface area contributed by atoms with Gasteiger partial charge in [-0.3, -0.25) is 9.59 Å². The van der Waals surface area contributed by atoms with Crippen LogP contribution in [-0.2, 0) is 14.3 Å². The topological polar surface area (TPSA) is 46.6 Å². The summed E-state index contributed by atoms with van der Waals surface area (Å²) in [5.74, 6) is -0.351. The second-order valence-corrected chi connectivity index (χ2v) is 1.76. The number of hydrogen-bond donors (Lipinski definition) is 0. The molecule has 0 N–H and O–H groups in total. The number of nitrogens with zero attached hydrogens (tertiary/aromatic N) is 1. The van der Waals surface area contributed by atoms with E-state index in [-0.39, 0.29) is 12.6 Å². The molecule has 0 spiro atoms. The zero-order valence-corrected chi connectivity index (χ0v) is 6.03. The molecule has 57 valence electrons. The van der Waals surface area contributed by atoms with Crippen LogP contribution in [0.15, 0.2) is 0 Å². The summed E-state index contributed by atoms with van der Waals surface area (Å²) in [6, 6.07) is 0. The molecule has 0 aliphatic rings. The minimum absolute atomic E-state index is 0.143. The fourth-order valence-electron chi connectivity index (χ4n) is 0.315. The summed E-state index contributed by atoms with van der Waals surface area (Å²) in [5.41, 5.74) is 0. The van der Waals surface area contributed by atoms with Crippen molar-refractivity contribution in [1.82, 2.24) is 4.90 Å². The van der Waals surface area contributed by atoms with Gasteiger partial charge >= 0.3 is 5.97 Å². The van der Waals surface area contributed by atoms with Crippen LogP contribution in [0.5, 0.6) is 0 Å². The molecule has 0 aliphatic heterocycles. The number of hydrogen-bond acceptors (Lipinski definition) is 3. The van der Waals surface area contributed by atoms with Crippen molar-refractivity contribution >= 4 is 12.4 Å². The third-order valence-corrected chi connectivity index (χ3v) is 0.815. The molecule has 0 atom stereocenters. The van der Waals surface area contributed by atoms with E-state index in [1.165, 1.54) is 18.4 Å². The molecule has 0 fully saturated rings. The molecule has 1 radical (unpaired) electrons.